The van der Waals surface area contributed by atoms with E-state index in [1.54, 1.807) is 35.5 Å². The second-order valence-corrected chi connectivity index (χ2v) is 5.79. The first-order valence-corrected chi connectivity index (χ1v) is 8.03. The molecule has 0 fully saturated rings. The summed E-state index contributed by atoms with van der Waals surface area (Å²) >= 11 is 0. The van der Waals surface area contributed by atoms with Gasteiger partial charge in [0, 0.05) is 6.07 Å². The van der Waals surface area contributed by atoms with Gasteiger partial charge in [0.2, 0.25) is 5.95 Å². The van der Waals surface area contributed by atoms with Crippen molar-refractivity contribution >= 4 is 11.9 Å². The fraction of sp³-hybridized carbons (Fsp3) is 0.111. The Morgan fingerprint density at radius 1 is 1.27 bits per heavy atom. The van der Waals surface area contributed by atoms with E-state index < -0.39 is 5.91 Å². The van der Waals surface area contributed by atoms with Crippen LogP contribution in [0.2, 0.25) is 0 Å². The van der Waals surface area contributed by atoms with E-state index in [4.69, 9.17) is 4.42 Å². The molecule has 0 aliphatic carbocycles. The van der Waals surface area contributed by atoms with Gasteiger partial charge in [-0.05, 0) is 30.2 Å². The van der Waals surface area contributed by atoms with Crippen molar-refractivity contribution in [2.45, 2.75) is 13.5 Å². The second-order valence-electron chi connectivity index (χ2n) is 5.79. The van der Waals surface area contributed by atoms with Crippen molar-refractivity contribution in [1.29, 1.82) is 0 Å². The van der Waals surface area contributed by atoms with Gasteiger partial charge in [-0.1, -0.05) is 24.3 Å². The molecule has 0 atom stereocenters. The summed E-state index contributed by atoms with van der Waals surface area (Å²) in [5.41, 5.74) is 3.17. The van der Waals surface area contributed by atoms with Crippen LogP contribution in [0.15, 0.2) is 59.5 Å². The van der Waals surface area contributed by atoms with Crippen LogP contribution in [-0.2, 0) is 6.54 Å². The molecular formula is C18H16N6O2. The Hall–Kier alpha value is -3.68. The minimum atomic E-state index is -0.396. The van der Waals surface area contributed by atoms with Crippen LogP contribution in [0.25, 0.3) is 11.5 Å². The number of hydrogen-bond donors (Lipinski definition) is 2. The molecule has 3 heterocycles. The smallest absolute Gasteiger partial charge is 0.278 e. The maximum absolute atomic E-state index is 12.3. The molecule has 4 rings (SSSR count). The van der Waals surface area contributed by atoms with Crippen LogP contribution in [0.3, 0.4) is 0 Å². The number of nitrogens with zero attached hydrogens (tertiary/aromatic N) is 4. The molecule has 0 saturated carbocycles. The molecule has 2 N–H and O–H groups in total. The highest BCUT2D eigenvalue weighted by Gasteiger charge is 2.14. The third-order valence-electron chi connectivity index (χ3n) is 3.95. The summed E-state index contributed by atoms with van der Waals surface area (Å²) in [5.74, 6) is 0.441. The van der Waals surface area contributed by atoms with Gasteiger partial charge in [-0.15, -0.1) is 5.10 Å². The zero-order chi connectivity index (χ0) is 17.9. The molecular weight excluding hydrogens is 332 g/mol. The molecule has 8 heteroatoms. The number of aryl methyl sites for hydroxylation is 1. The van der Waals surface area contributed by atoms with E-state index in [1.165, 1.54) is 5.56 Å². The third-order valence-corrected chi connectivity index (χ3v) is 3.95. The highest BCUT2D eigenvalue weighted by molar-refractivity contribution is 6.02. The largest absolute Gasteiger partial charge is 0.463 e. The van der Waals surface area contributed by atoms with E-state index in [0.29, 0.717) is 18.0 Å². The molecule has 8 nitrogen and oxygen atoms in total. The monoisotopic (exact) mass is 348 g/mol. The van der Waals surface area contributed by atoms with Crippen molar-refractivity contribution in [2.75, 3.05) is 5.32 Å². The van der Waals surface area contributed by atoms with E-state index in [0.717, 1.165) is 5.56 Å². The Bertz CT molecular complexity index is 1030. The molecule has 0 aliphatic heterocycles. The molecule has 130 valence electrons. The number of anilines is 1. The van der Waals surface area contributed by atoms with Crippen molar-refractivity contribution in [1.82, 2.24) is 25.0 Å². The average Bonchev–Trinajstić information content (AvgIpc) is 3.38. The predicted octanol–water partition coefficient (Wildman–Crippen LogP) is 2.87. The zero-order valence-electron chi connectivity index (χ0n) is 14.0. The molecule has 4 aromatic rings. The minimum absolute atomic E-state index is 0.228. The van der Waals surface area contributed by atoms with Crippen molar-refractivity contribution in [3.8, 4) is 11.5 Å². The highest BCUT2D eigenvalue weighted by Crippen LogP contribution is 2.18. The normalized spacial score (nSPS) is 10.8. The number of aromatic amines is 1. The lowest BCUT2D eigenvalue weighted by atomic mass is 10.1. The maximum atomic E-state index is 12.3. The number of H-pyrrole nitrogens is 1. The molecule has 1 aromatic carbocycles. The summed E-state index contributed by atoms with van der Waals surface area (Å²) in [6.45, 7) is 2.63. The van der Waals surface area contributed by atoms with Gasteiger partial charge < -0.3 is 4.42 Å². The first-order chi connectivity index (χ1) is 12.7. The number of amides is 1. The van der Waals surface area contributed by atoms with Gasteiger partial charge in [0.15, 0.2) is 11.5 Å². The van der Waals surface area contributed by atoms with Crippen LogP contribution < -0.4 is 5.32 Å². The topological polar surface area (TPSA) is 102 Å². The summed E-state index contributed by atoms with van der Waals surface area (Å²) < 4.78 is 6.95. The van der Waals surface area contributed by atoms with Gasteiger partial charge in [-0.25, -0.2) is 9.67 Å². The van der Waals surface area contributed by atoms with E-state index in [1.807, 2.05) is 31.2 Å². The standard InChI is InChI=1S/C18H16N6O2/c1-12-5-2-3-6-13(12)10-24-11-19-18(23-24)20-17(25)15-9-14(21-22-15)16-7-4-8-26-16/h2-9,11H,10H2,1H3,(H,21,22)(H,20,23,25). The summed E-state index contributed by atoms with van der Waals surface area (Å²) in [6, 6.07) is 13.2. The SMILES string of the molecule is Cc1ccccc1Cn1cnc(NC(=O)c2cc(-c3ccco3)[nH]n2)n1. The van der Waals surface area contributed by atoms with Crippen LogP contribution in [0.4, 0.5) is 5.95 Å². The molecule has 3 aromatic heterocycles. The number of hydrogen-bond acceptors (Lipinski definition) is 5. The van der Waals surface area contributed by atoms with E-state index in [9.17, 15) is 4.79 Å². The molecule has 26 heavy (non-hydrogen) atoms. The van der Waals surface area contributed by atoms with Crippen LogP contribution in [0.1, 0.15) is 21.6 Å². The summed E-state index contributed by atoms with van der Waals surface area (Å²) in [6.07, 6.45) is 3.14. The van der Waals surface area contributed by atoms with Crippen LogP contribution in [0, 0.1) is 6.92 Å². The zero-order valence-corrected chi connectivity index (χ0v) is 14.0. The first kappa shape index (κ1) is 15.8. The van der Waals surface area contributed by atoms with Gasteiger partial charge >= 0.3 is 0 Å². The van der Waals surface area contributed by atoms with Crippen LogP contribution >= 0.6 is 0 Å². The molecule has 0 saturated heterocycles. The highest BCUT2D eigenvalue weighted by atomic mass is 16.3. The third kappa shape index (κ3) is 3.25. The molecule has 1 amide bonds. The molecule has 0 bridgehead atoms. The fourth-order valence-corrected chi connectivity index (χ4v) is 2.55. The Labute approximate surface area is 148 Å². The fourth-order valence-electron chi connectivity index (χ4n) is 2.55. The maximum Gasteiger partial charge on any atom is 0.278 e. The van der Waals surface area contributed by atoms with Crippen LogP contribution in [-0.4, -0.2) is 30.9 Å². The number of carbonyl (C=O) groups excluding carboxylic acids is 1. The number of rotatable bonds is 5. The Morgan fingerprint density at radius 2 is 2.15 bits per heavy atom. The summed E-state index contributed by atoms with van der Waals surface area (Å²) in [4.78, 5) is 16.4. The van der Waals surface area contributed by atoms with E-state index in [2.05, 4.69) is 25.6 Å². The first-order valence-electron chi connectivity index (χ1n) is 8.03. The van der Waals surface area contributed by atoms with E-state index >= 15 is 0 Å². The second kappa shape index (κ2) is 6.67. The van der Waals surface area contributed by atoms with E-state index in [-0.39, 0.29) is 11.6 Å². The van der Waals surface area contributed by atoms with Crippen LogP contribution in [0.5, 0.6) is 0 Å². The molecule has 0 unspecified atom stereocenters. The van der Waals surface area contributed by atoms with Gasteiger partial charge in [0.05, 0.1) is 12.8 Å². The summed E-state index contributed by atoms with van der Waals surface area (Å²) in [5, 5.41) is 13.7. The quantitative estimate of drug-likeness (QED) is 0.577. The molecule has 0 radical (unpaired) electrons. The van der Waals surface area contributed by atoms with Crippen molar-refractivity contribution in [3.05, 3.63) is 71.9 Å². The lowest BCUT2D eigenvalue weighted by molar-refractivity contribution is 0.102. The van der Waals surface area contributed by atoms with Gasteiger partial charge in [0.1, 0.15) is 12.0 Å². The van der Waals surface area contributed by atoms with Crippen molar-refractivity contribution < 1.29 is 9.21 Å². The Morgan fingerprint density at radius 3 is 2.96 bits per heavy atom. The molecule has 0 aliphatic rings. The van der Waals surface area contributed by atoms with Crippen molar-refractivity contribution in [2.24, 2.45) is 0 Å². The van der Waals surface area contributed by atoms with Gasteiger partial charge in [0.25, 0.3) is 5.91 Å². The lowest BCUT2D eigenvalue weighted by Gasteiger charge is -2.04. The minimum Gasteiger partial charge on any atom is -0.463 e. The Balaban J connectivity index is 1.44. The molecule has 0 spiro atoms. The number of carbonyl (C=O) groups is 1. The van der Waals surface area contributed by atoms with Gasteiger partial charge in [-0.2, -0.15) is 5.10 Å². The lowest BCUT2D eigenvalue weighted by Crippen LogP contribution is -2.14. The number of nitrogens with one attached hydrogen (secondary N) is 2. The number of furan rings is 1. The Kier molecular flexibility index (Phi) is 4.06. The number of aromatic nitrogens is 5. The summed E-state index contributed by atoms with van der Waals surface area (Å²) in [7, 11) is 0. The number of benzene rings is 1. The predicted molar refractivity (Wildman–Crippen MR) is 94.5 cm³/mol. The average molecular weight is 348 g/mol. The van der Waals surface area contributed by atoms with Crippen molar-refractivity contribution in [3.63, 3.8) is 0 Å². The van der Waals surface area contributed by atoms with Gasteiger partial charge in [-0.3, -0.25) is 15.2 Å².